The van der Waals surface area contributed by atoms with Crippen LogP contribution in [0.25, 0.3) is 5.57 Å². The van der Waals surface area contributed by atoms with Crippen molar-refractivity contribution >= 4 is 67.3 Å². The van der Waals surface area contributed by atoms with Gasteiger partial charge >= 0.3 is 0 Å². The highest BCUT2D eigenvalue weighted by molar-refractivity contribution is 9.10. The molecule has 1 aromatic carbocycles. The molecular weight excluding hydrogens is 408 g/mol. The lowest BCUT2D eigenvalue weighted by atomic mass is 10.1. The fourth-order valence-corrected chi connectivity index (χ4v) is 4.68. The van der Waals surface area contributed by atoms with E-state index in [4.69, 9.17) is 12.2 Å². The number of amides is 2. The van der Waals surface area contributed by atoms with E-state index in [1.807, 2.05) is 32.0 Å². The van der Waals surface area contributed by atoms with Gasteiger partial charge in [-0.3, -0.25) is 14.5 Å². The van der Waals surface area contributed by atoms with Crippen LogP contribution in [0.5, 0.6) is 0 Å². The van der Waals surface area contributed by atoms with Crippen molar-refractivity contribution in [2.24, 2.45) is 0 Å². The van der Waals surface area contributed by atoms with Gasteiger partial charge in [0.2, 0.25) is 0 Å². The van der Waals surface area contributed by atoms with Gasteiger partial charge in [0.25, 0.3) is 11.8 Å². The van der Waals surface area contributed by atoms with Gasteiger partial charge in [-0.05, 0) is 31.0 Å². The molecule has 0 atom stereocenters. The Morgan fingerprint density at radius 1 is 1.08 bits per heavy atom. The van der Waals surface area contributed by atoms with Gasteiger partial charge in [0, 0.05) is 23.1 Å². The molecule has 2 aliphatic rings. The fraction of sp³-hybridized carbons (Fsp3) is 0.353. The first kappa shape index (κ1) is 17.6. The molecule has 0 aromatic heterocycles. The molecule has 4 nitrogen and oxygen atoms in total. The zero-order chi connectivity index (χ0) is 17.4. The van der Waals surface area contributed by atoms with Crippen LogP contribution in [-0.2, 0) is 9.59 Å². The number of hydrogen-bond donors (Lipinski definition) is 0. The third kappa shape index (κ3) is 2.82. The van der Waals surface area contributed by atoms with Crippen molar-refractivity contribution in [1.82, 2.24) is 4.90 Å². The maximum absolute atomic E-state index is 13.0. The molecule has 1 fully saturated rings. The zero-order valence-corrected chi connectivity index (χ0v) is 16.7. The molecule has 0 unspecified atom stereocenters. The molecule has 2 amide bonds. The third-order valence-electron chi connectivity index (χ3n) is 3.95. The number of anilines is 1. The summed E-state index contributed by atoms with van der Waals surface area (Å²) in [5.74, 6) is -0.263. The van der Waals surface area contributed by atoms with Crippen LogP contribution in [-0.4, -0.2) is 34.1 Å². The van der Waals surface area contributed by atoms with Crippen LogP contribution in [0.1, 0.15) is 32.3 Å². The van der Waals surface area contributed by atoms with E-state index in [-0.39, 0.29) is 11.8 Å². The largest absolute Gasteiger partial charge is 0.308 e. The van der Waals surface area contributed by atoms with E-state index >= 15 is 0 Å². The molecule has 0 N–H and O–H groups in total. The maximum atomic E-state index is 13.0. The molecule has 1 saturated heterocycles. The Morgan fingerprint density at radius 2 is 1.75 bits per heavy atom. The van der Waals surface area contributed by atoms with Gasteiger partial charge in [-0.25, -0.2) is 0 Å². The van der Waals surface area contributed by atoms with Crippen molar-refractivity contribution in [3.63, 3.8) is 0 Å². The number of nitrogens with zero attached hydrogens (tertiary/aromatic N) is 2. The Morgan fingerprint density at radius 3 is 2.42 bits per heavy atom. The lowest BCUT2D eigenvalue weighted by Gasteiger charge is -2.15. The van der Waals surface area contributed by atoms with E-state index in [2.05, 4.69) is 15.9 Å². The Kier molecular flexibility index (Phi) is 5.13. The summed E-state index contributed by atoms with van der Waals surface area (Å²) in [6.45, 7) is 5.25. The Balaban J connectivity index is 2.15. The molecule has 0 radical (unpaired) electrons. The van der Waals surface area contributed by atoms with Gasteiger partial charge in [-0.2, -0.15) is 0 Å². The molecule has 0 saturated carbocycles. The monoisotopic (exact) mass is 424 g/mol. The van der Waals surface area contributed by atoms with Gasteiger partial charge in [-0.15, -0.1) is 0 Å². The summed E-state index contributed by atoms with van der Waals surface area (Å²) in [7, 11) is 0. The summed E-state index contributed by atoms with van der Waals surface area (Å²) in [6.07, 6.45) is 1.68. The summed E-state index contributed by atoms with van der Waals surface area (Å²) in [4.78, 5) is 29.6. The van der Waals surface area contributed by atoms with Gasteiger partial charge in [0.1, 0.15) is 4.32 Å². The van der Waals surface area contributed by atoms with Crippen LogP contribution >= 0.6 is 39.9 Å². The van der Waals surface area contributed by atoms with Crippen molar-refractivity contribution in [2.45, 2.75) is 26.7 Å². The SMILES string of the molecule is CCCN1C(=O)C(=C2C(=O)N(CCC)c3ccc(Br)cc32)SC1=S. The third-order valence-corrected chi connectivity index (χ3v) is 5.89. The molecule has 24 heavy (non-hydrogen) atoms. The first-order chi connectivity index (χ1) is 11.5. The van der Waals surface area contributed by atoms with Crippen LogP contribution in [0.4, 0.5) is 5.69 Å². The molecule has 0 bridgehead atoms. The summed E-state index contributed by atoms with van der Waals surface area (Å²) in [6, 6.07) is 5.75. The van der Waals surface area contributed by atoms with Crippen molar-refractivity contribution in [2.75, 3.05) is 18.0 Å². The van der Waals surface area contributed by atoms with E-state index in [0.717, 1.165) is 28.6 Å². The first-order valence-electron chi connectivity index (χ1n) is 7.89. The van der Waals surface area contributed by atoms with Crippen molar-refractivity contribution in [3.8, 4) is 0 Å². The molecule has 3 rings (SSSR count). The Bertz CT molecular complexity index is 776. The number of carbonyl (C=O) groups excluding carboxylic acids is 2. The average Bonchev–Trinajstić information content (AvgIpc) is 2.96. The second kappa shape index (κ2) is 6.98. The molecule has 1 aromatic rings. The van der Waals surface area contributed by atoms with Crippen molar-refractivity contribution in [3.05, 3.63) is 33.1 Å². The van der Waals surface area contributed by atoms with Crippen LogP contribution < -0.4 is 4.90 Å². The Hall–Kier alpha value is -1.18. The van der Waals surface area contributed by atoms with Gasteiger partial charge in [0.15, 0.2) is 0 Å². The lowest BCUT2D eigenvalue weighted by Crippen LogP contribution is -2.30. The molecule has 0 spiro atoms. The average molecular weight is 425 g/mol. The quantitative estimate of drug-likeness (QED) is 0.536. The number of thioether (sulfide) groups is 1. The molecule has 126 valence electrons. The minimum absolute atomic E-state index is 0.109. The number of halogens is 1. The van der Waals surface area contributed by atoms with E-state index in [0.29, 0.717) is 27.9 Å². The summed E-state index contributed by atoms with van der Waals surface area (Å²) in [5, 5.41) is 0. The molecule has 2 aliphatic heterocycles. The lowest BCUT2D eigenvalue weighted by molar-refractivity contribution is -0.122. The highest BCUT2D eigenvalue weighted by Crippen LogP contribution is 2.45. The van der Waals surface area contributed by atoms with Crippen LogP contribution in [0.3, 0.4) is 0 Å². The Labute approximate surface area is 159 Å². The van der Waals surface area contributed by atoms with Crippen molar-refractivity contribution in [1.29, 1.82) is 0 Å². The summed E-state index contributed by atoms with van der Waals surface area (Å²) < 4.78 is 1.41. The van der Waals surface area contributed by atoms with Crippen LogP contribution in [0.15, 0.2) is 27.6 Å². The summed E-state index contributed by atoms with van der Waals surface area (Å²) in [5.41, 5.74) is 2.15. The zero-order valence-electron chi connectivity index (χ0n) is 13.5. The number of thiocarbonyl (C=S) groups is 1. The second-order valence-corrected chi connectivity index (χ2v) is 8.21. The minimum atomic E-state index is -0.153. The van der Waals surface area contributed by atoms with Gasteiger partial charge < -0.3 is 4.90 Å². The highest BCUT2D eigenvalue weighted by atomic mass is 79.9. The minimum Gasteiger partial charge on any atom is -0.308 e. The number of hydrogen-bond acceptors (Lipinski definition) is 4. The number of carbonyl (C=O) groups is 2. The molecule has 0 aliphatic carbocycles. The van der Waals surface area contributed by atoms with E-state index in [1.165, 1.54) is 11.8 Å². The smallest absolute Gasteiger partial charge is 0.267 e. The predicted molar refractivity (Wildman–Crippen MR) is 106 cm³/mol. The van der Waals surface area contributed by atoms with E-state index in [1.54, 1.807) is 9.80 Å². The standard InChI is InChI=1S/C17H17BrN2O2S2/c1-3-7-19-12-6-5-10(18)9-11(12)13(15(19)21)14-16(22)20(8-4-2)17(23)24-14/h5-6,9H,3-4,7-8H2,1-2H3. The highest BCUT2D eigenvalue weighted by Gasteiger charge is 2.41. The van der Waals surface area contributed by atoms with E-state index < -0.39 is 0 Å². The second-order valence-electron chi connectivity index (χ2n) is 5.65. The number of rotatable bonds is 4. The first-order valence-corrected chi connectivity index (χ1v) is 9.91. The normalized spacial score (nSPS) is 20.4. The van der Waals surface area contributed by atoms with Gasteiger partial charge in [0.05, 0.1) is 16.2 Å². The predicted octanol–water partition coefficient (Wildman–Crippen LogP) is 4.19. The van der Waals surface area contributed by atoms with E-state index in [9.17, 15) is 9.59 Å². The van der Waals surface area contributed by atoms with Crippen LogP contribution in [0, 0.1) is 0 Å². The maximum Gasteiger partial charge on any atom is 0.267 e. The molecular formula is C17H17BrN2O2S2. The summed E-state index contributed by atoms with van der Waals surface area (Å²) >= 11 is 10.0. The van der Waals surface area contributed by atoms with Gasteiger partial charge in [-0.1, -0.05) is 53.8 Å². The topological polar surface area (TPSA) is 40.6 Å². The number of benzene rings is 1. The fourth-order valence-electron chi connectivity index (χ4n) is 2.93. The molecule has 7 heteroatoms. The number of fused-ring (bicyclic) bond motifs is 1. The molecule has 2 heterocycles. The van der Waals surface area contributed by atoms with Crippen molar-refractivity contribution < 1.29 is 9.59 Å². The van der Waals surface area contributed by atoms with Crippen LogP contribution in [0.2, 0.25) is 0 Å².